The Morgan fingerprint density at radius 2 is 1.19 bits per heavy atom. The van der Waals surface area contributed by atoms with Gasteiger partial charge in [-0.3, -0.25) is 9.59 Å². The monoisotopic (exact) mass is 750 g/mol. The van der Waals surface area contributed by atoms with Crippen molar-refractivity contribution in [2.75, 3.05) is 39.9 Å². The third-order valence-electron chi connectivity index (χ3n) is 8.23. The molecule has 4 rings (SSSR count). The summed E-state index contributed by atoms with van der Waals surface area (Å²) in [6.07, 6.45) is 0. The van der Waals surface area contributed by atoms with Crippen LogP contribution in [0.15, 0.2) is 24.3 Å². The molecule has 0 spiro atoms. The van der Waals surface area contributed by atoms with Crippen LogP contribution >= 0.6 is 11.6 Å². The van der Waals surface area contributed by atoms with E-state index in [-0.39, 0.29) is 31.8 Å². The molecule has 0 saturated heterocycles. The summed E-state index contributed by atoms with van der Waals surface area (Å²) in [4.78, 5) is 48.3. The number of fused-ring (bicyclic) bond motifs is 2. The van der Waals surface area contributed by atoms with E-state index in [0.717, 1.165) is 11.1 Å². The standard InChI is InChI=1S/C17H24BNO6.C14H18BNO5.C3H7ClO.CH4/c1-10(2)15(17(21)24-8-7-23-4)19-16(20)13-6-5-12-9-25-18(22)14(12)11(13)3;1-7(2)12(14(18)19)16-13(17)10-5-4-9-6-21-15(20)11(9)8(10)3;1-5-3-2-4;/h5-6,10,15,22H,7-9H2,1-4H3,(H,19,20);4-5,7,12,20H,6H2,1-3H3,(H,16,17)(H,18,19);2-3H2,1H3;1H4/t15-;12-;;/m00../s1. The lowest BCUT2D eigenvalue weighted by atomic mass is 9.75. The highest BCUT2D eigenvalue weighted by Crippen LogP contribution is 2.18. The van der Waals surface area contributed by atoms with Crippen molar-refractivity contribution in [2.45, 2.75) is 74.3 Å². The van der Waals surface area contributed by atoms with Gasteiger partial charge in [-0.2, -0.15) is 0 Å². The molecule has 14 nitrogen and oxygen atoms in total. The molecule has 2 aromatic rings. The van der Waals surface area contributed by atoms with Crippen LogP contribution in [-0.4, -0.2) is 105 Å². The van der Waals surface area contributed by atoms with Crippen LogP contribution in [0.2, 0.25) is 0 Å². The van der Waals surface area contributed by atoms with Crippen LogP contribution in [0.5, 0.6) is 0 Å². The number of halogens is 1. The van der Waals surface area contributed by atoms with Gasteiger partial charge < -0.3 is 49.3 Å². The summed E-state index contributed by atoms with van der Waals surface area (Å²) in [6.45, 7) is 12.3. The number of rotatable bonds is 13. The molecule has 2 atom stereocenters. The third-order valence-corrected chi connectivity index (χ3v) is 8.38. The topological polar surface area (TPSA) is 199 Å². The molecular formula is C35H53B2ClN2O12. The molecule has 5 N–H and O–H groups in total. The molecule has 0 unspecified atom stereocenters. The van der Waals surface area contributed by atoms with Gasteiger partial charge in [-0.1, -0.05) is 47.3 Å². The van der Waals surface area contributed by atoms with E-state index in [1.165, 1.54) is 7.11 Å². The third kappa shape index (κ3) is 12.6. The van der Waals surface area contributed by atoms with Crippen molar-refractivity contribution < 1.29 is 57.9 Å². The van der Waals surface area contributed by atoms with Gasteiger partial charge in [0.15, 0.2) is 0 Å². The molecule has 2 amide bonds. The number of hydrogen-bond donors (Lipinski definition) is 5. The minimum Gasteiger partial charge on any atom is -0.480 e. The number of alkyl halides is 1. The number of carbonyl (C=O) groups excluding carboxylic acids is 3. The summed E-state index contributed by atoms with van der Waals surface area (Å²) in [6, 6.07) is 5.07. The Balaban J connectivity index is 0.000000457. The Labute approximate surface area is 312 Å². The molecule has 0 fully saturated rings. The summed E-state index contributed by atoms with van der Waals surface area (Å²) in [7, 11) is 1.09. The van der Waals surface area contributed by atoms with Gasteiger partial charge in [0.2, 0.25) is 0 Å². The Morgan fingerprint density at radius 1 is 0.769 bits per heavy atom. The van der Waals surface area contributed by atoms with Crippen LogP contribution in [-0.2, 0) is 46.3 Å². The Hall–Kier alpha value is -3.50. The second-order valence-corrected chi connectivity index (χ2v) is 12.9. The fourth-order valence-corrected chi connectivity index (χ4v) is 5.50. The maximum absolute atomic E-state index is 12.7. The van der Waals surface area contributed by atoms with Crippen molar-refractivity contribution in [3.63, 3.8) is 0 Å². The average molecular weight is 751 g/mol. The fraction of sp³-hybridized carbons (Fsp3) is 0.543. The van der Waals surface area contributed by atoms with Crippen LogP contribution in [0.4, 0.5) is 0 Å². The predicted molar refractivity (Wildman–Crippen MR) is 199 cm³/mol. The van der Waals surface area contributed by atoms with E-state index in [1.54, 1.807) is 59.1 Å². The van der Waals surface area contributed by atoms with Crippen molar-refractivity contribution in [1.82, 2.24) is 10.6 Å². The predicted octanol–water partition coefficient (Wildman–Crippen LogP) is 1.72. The lowest BCUT2D eigenvalue weighted by Gasteiger charge is -2.21. The molecule has 2 heterocycles. The molecular weight excluding hydrogens is 697 g/mol. The molecule has 288 valence electrons. The molecule has 52 heavy (non-hydrogen) atoms. The number of nitrogens with one attached hydrogen (secondary N) is 2. The highest BCUT2D eigenvalue weighted by Gasteiger charge is 2.34. The zero-order valence-corrected chi connectivity index (χ0v) is 31.2. The number of ether oxygens (including phenoxy) is 3. The van der Waals surface area contributed by atoms with Crippen molar-refractivity contribution in [3.8, 4) is 0 Å². The zero-order chi connectivity index (χ0) is 38.4. The van der Waals surface area contributed by atoms with Crippen molar-refractivity contribution in [3.05, 3.63) is 57.6 Å². The van der Waals surface area contributed by atoms with E-state index in [9.17, 15) is 29.2 Å². The van der Waals surface area contributed by atoms with Gasteiger partial charge in [-0.05, 0) is 71.0 Å². The summed E-state index contributed by atoms with van der Waals surface area (Å²) < 4.78 is 24.9. The average Bonchev–Trinajstić information content (AvgIpc) is 3.65. The highest BCUT2D eigenvalue weighted by atomic mass is 35.5. The van der Waals surface area contributed by atoms with E-state index >= 15 is 0 Å². The van der Waals surface area contributed by atoms with E-state index in [0.29, 0.717) is 65.5 Å². The number of benzene rings is 2. The van der Waals surface area contributed by atoms with Crippen LogP contribution in [0.1, 0.15) is 78.1 Å². The first-order valence-electron chi connectivity index (χ1n) is 16.5. The lowest BCUT2D eigenvalue weighted by Crippen LogP contribution is -2.46. The summed E-state index contributed by atoms with van der Waals surface area (Å²) in [5, 5.41) is 34.1. The van der Waals surface area contributed by atoms with Gasteiger partial charge >= 0.3 is 26.2 Å². The van der Waals surface area contributed by atoms with Gasteiger partial charge in [0.05, 0.1) is 26.4 Å². The van der Waals surface area contributed by atoms with E-state index in [4.69, 9.17) is 35.5 Å². The number of carboxylic acids is 1. The van der Waals surface area contributed by atoms with Crippen molar-refractivity contribution in [1.29, 1.82) is 0 Å². The van der Waals surface area contributed by atoms with Crippen LogP contribution in [0, 0.1) is 25.7 Å². The summed E-state index contributed by atoms with van der Waals surface area (Å²) >= 11 is 5.18. The SMILES string of the molecule is C.COCCCl.COCCOC(=O)[C@@H](NC(=O)c1ccc2c(c1C)B(O)OC2)C(C)C.Cc1c(C(=O)N[C@H](C(=O)O)C(C)C)ccc2c1B(O)OC2. The smallest absolute Gasteiger partial charge is 0.480 e. The molecule has 2 aliphatic heterocycles. The minimum absolute atomic E-state index is 0. The van der Waals surface area contributed by atoms with Gasteiger partial charge in [0.1, 0.15) is 18.7 Å². The molecule has 0 bridgehead atoms. The number of hydrogen-bond acceptors (Lipinski definition) is 11. The summed E-state index contributed by atoms with van der Waals surface area (Å²) in [5.74, 6) is -2.19. The number of aliphatic carboxylic acids is 1. The van der Waals surface area contributed by atoms with Crippen molar-refractivity contribution >= 4 is 60.5 Å². The van der Waals surface area contributed by atoms with Gasteiger partial charge in [0.25, 0.3) is 11.8 Å². The summed E-state index contributed by atoms with van der Waals surface area (Å²) in [5.41, 5.74) is 4.94. The number of carbonyl (C=O) groups is 4. The quantitative estimate of drug-likeness (QED) is 0.0862. The first-order valence-corrected chi connectivity index (χ1v) is 17.0. The first kappa shape index (κ1) is 46.5. The van der Waals surface area contributed by atoms with Crippen LogP contribution in [0.25, 0.3) is 0 Å². The number of esters is 1. The van der Waals surface area contributed by atoms with Crippen LogP contribution < -0.4 is 21.6 Å². The number of methoxy groups -OCH3 is 2. The molecule has 17 heteroatoms. The number of carboxylic acid groups (broad SMARTS) is 1. The van der Waals surface area contributed by atoms with Gasteiger partial charge in [-0.25, -0.2) is 9.59 Å². The second-order valence-electron chi connectivity index (χ2n) is 12.5. The first-order chi connectivity index (χ1) is 24.1. The lowest BCUT2D eigenvalue weighted by molar-refractivity contribution is -0.148. The highest BCUT2D eigenvalue weighted by molar-refractivity contribution is 6.62. The largest absolute Gasteiger partial charge is 0.492 e. The Morgan fingerprint density at radius 3 is 1.54 bits per heavy atom. The Bertz CT molecular complexity index is 1510. The molecule has 0 radical (unpaired) electrons. The van der Waals surface area contributed by atoms with Gasteiger partial charge in [0, 0.05) is 31.2 Å². The molecule has 0 saturated carbocycles. The normalized spacial score (nSPS) is 13.8. The van der Waals surface area contributed by atoms with Crippen LogP contribution in [0.3, 0.4) is 0 Å². The fourth-order valence-electron chi connectivity index (χ4n) is 5.35. The Kier molecular flexibility index (Phi) is 20.2. The van der Waals surface area contributed by atoms with Gasteiger partial charge in [-0.15, -0.1) is 11.6 Å². The maximum Gasteiger partial charge on any atom is 0.492 e. The van der Waals surface area contributed by atoms with E-state index in [1.807, 2.05) is 13.8 Å². The van der Waals surface area contributed by atoms with E-state index < -0.39 is 44.2 Å². The van der Waals surface area contributed by atoms with E-state index in [2.05, 4.69) is 15.4 Å². The molecule has 2 aromatic carbocycles. The molecule has 0 aliphatic carbocycles. The molecule has 2 aliphatic rings. The zero-order valence-electron chi connectivity index (χ0n) is 30.4. The molecule has 0 aromatic heterocycles. The maximum atomic E-state index is 12.7. The minimum atomic E-state index is -1.07. The number of amides is 2. The van der Waals surface area contributed by atoms with Crippen molar-refractivity contribution in [2.24, 2.45) is 11.8 Å². The second kappa shape index (κ2) is 22.5.